The summed E-state index contributed by atoms with van der Waals surface area (Å²) in [6.45, 7) is 1.55. The number of rotatable bonds is 6. The van der Waals surface area contributed by atoms with Gasteiger partial charge in [0.15, 0.2) is 6.61 Å². The summed E-state index contributed by atoms with van der Waals surface area (Å²) in [5, 5.41) is 7.52. The summed E-state index contributed by atoms with van der Waals surface area (Å²) in [7, 11) is 0. The minimum Gasteiger partial charge on any atom is -0.452 e. The van der Waals surface area contributed by atoms with Gasteiger partial charge in [-0.15, -0.1) is 0 Å². The third-order valence-corrected chi connectivity index (χ3v) is 6.82. The van der Waals surface area contributed by atoms with Crippen LogP contribution in [0.1, 0.15) is 55.8 Å². The molecule has 1 aromatic rings. The Bertz CT molecular complexity index is 844. The quantitative estimate of drug-likeness (QED) is 0.604. The molecule has 4 aliphatic rings. The second-order valence-corrected chi connectivity index (χ2v) is 9.21. The summed E-state index contributed by atoms with van der Waals surface area (Å²) in [5.74, 6) is 0.797. The summed E-state index contributed by atoms with van der Waals surface area (Å²) < 4.78 is 4.94. The van der Waals surface area contributed by atoms with Crippen LogP contribution in [0.5, 0.6) is 0 Å². The average Bonchev–Trinajstić information content (AvgIpc) is 2.71. The predicted molar refractivity (Wildman–Crippen MR) is 113 cm³/mol. The Hall–Kier alpha value is -2.90. The van der Waals surface area contributed by atoms with E-state index in [2.05, 4.69) is 16.0 Å². The number of hydrogen-bond donors (Lipinski definition) is 3. The van der Waals surface area contributed by atoms with E-state index < -0.39 is 24.5 Å². The molecule has 0 heterocycles. The molecule has 4 amide bonds. The van der Waals surface area contributed by atoms with Crippen molar-refractivity contribution >= 4 is 29.5 Å². The first-order valence-corrected chi connectivity index (χ1v) is 11.0. The van der Waals surface area contributed by atoms with E-state index in [1.165, 1.54) is 19.3 Å². The Kier molecular flexibility index (Phi) is 5.98. The normalized spacial score (nSPS) is 28.0. The topological polar surface area (TPSA) is 114 Å². The Morgan fingerprint density at radius 1 is 0.968 bits per heavy atom. The van der Waals surface area contributed by atoms with E-state index >= 15 is 0 Å². The van der Waals surface area contributed by atoms with Crippen molar-refractivity contribution in [2.45, 2.75) is 45.4 Å². The zero-order valence-corrected chi connectivity index (χ0v) is 17.7. The van der Waals surface area contributed by atoms with Crippen LogP contribution in [0.3, 0.4) is 0 Å². The van der Waals surface area contributed by atoms with E-state index in [4.69, 9.17) is 4.74 Å². The van der Waals surface area contributed by atoms with Crippen molar-refractivity contribution in [3.8, 4) is 0 Å². The zero-order chi connectivity index (χ0) is 22.0. The molecule has 5 rings (SSSR count). The number of carbonyl (C=O) groups is 4. The maximum absolute atomic E-state index is 13.1. The molecule has 0 radical (unpaired) electrons. The van der Waals surface area contributed by atoms with Crippen LogP contribution in [-0.4, -0.2) is 37.0 Å². The van der Waals surface area contributed by atoms with Crippen molar-refractivity contribution in [1.29, 1.82) is 0 Å². The van der Waals surface area contributed by atoms with Crippen LogP contribution in [0.25, 0.3) is 0 Å². The molecule has 4 aliphatic carbocycles. The lowest BCUT2D eigenvalue weighted by atomic mass is 9.49. The lowest BCUT2D eigenvalue weighted by molar-refractivity contribution is -0.140. The first-order valence-electron chi connectivity index (χ1n) is 11.0. The maximum Gasteiger partial charge on any atom is 0.338 e. The molecular formula is C23H29N3O5. The number of amides is 4. The molecule has 4 fully saturated rings. The summed E-state index contributed by atoms with van der Waals surface area (Å²) in [5.41, 5.74) is 0.675. The van der Waals surface area contributed by atoms with Crippen molar-refractivity contribution in [2.75, 3.05) is 18.5 Å². The molecule has 0 unspecified atom stereocenters. The number of esters is 1. The van der Waals surface area contributed by atoms with Gasteiger partial charge in [-0.2, -0.15) is 0 Å². The number of ether oxygens (including phenoxy) is 1. The van der Waals surface area contributed by atoms with Gasteiger partial charge in [0.25, 0.3) is 5.91 Å². The fourth-order valence-electron chi connectivity index (χ4n) is 5.92. The van der Waals surface area contributed by atoms with Crippen LogP contribution < -0.4 is 16.0 Å². The summed E-state index contributed by atoms with van der Waals surface area (Å²) in [4.78, 5) is 48.1. The van der Waals surface area contributed by atoms with Gasteiger partial charge in [-0.25, -0.2) is 9.59 Å². The van der Waals surface area contributed by atoms with Gasteiger partial charge in [0.2, 0.25) is 5.91 Å². The number of carbonyl (C=O) groups excluding carboxylic acids is 4. The molecule has 0 spiro atoms. The third kappa shape index (κ3) is 4.73. The highest BCUT2D eigenvalue weighted by molar-refractivity contribution is 5.98. The van der Waals surface area contributed by atoms with E-state index in [1.54, 1.807) is 31.2 Å². The number of urea groups is 1. The van der Waals surface area contributed by atoms with Crippen molar-refractivity contribution in [2.24, 2.45) is 23.2 Å². The van der Waals surface area contributed by atoms with Crippen LogP contribution in [0.4, 0.5) is 10.5 Å². The molecular weight excluding hydrogens is 398 g/mol. The standard InChI is InChI=1S/C23H29N3O5/c1-2-24-22(30)26-19(27)13-31-20(28)17-3-5-18(6-4-17)25-21(29)23-10-14-7-15(11-23)9-16(8-14)12-23/h3-6,14-16H,2,7-13H2,1H3,(H,25,29)(H2,24,26,27,30). The fourth-order valence-corrected chi connectivity index (χ4v) is 5.92. The third-order valence-electron chi connectivity index (χ3n) is 6.82. The highest BCUT2D eigenvalue weighted by atomic mass is 16.5. The minimum atomic E-state index is -0.709. The van der Waals surface area contributed by atoms with Crippen molar-refractivity contribution in [3.63, 3.8) is 0 Å². The SMILES string of the molecule is CCNC(=O)NC(=O)COC(=O)c1ccc(NC(=O)C23CC4CC(CC(C4)C2)C3)cc1. The van der Waals surface area contributed by atoms with Gasteiger partial charge >= 0.3 is 12.0 Å². The van der Waals surface area contributed by atoms with Gasteiger partial charge in [-0.3, -0.25) is 14.9 Å². The average molecular weight is 428 g/mol. The molecule has 8 nitrogen and oxygen atoms in total. The number of benzene rings is 1. The molecule has 1 aromatic carbocycles. The molecule has 31 heavy (non-hydrogen) atoms. The molecule has 0 aromatic heterocycles. The zero-order valence-electron chi connectivity index (χ0n) is 17.7. The highest BCUT2D eigenvalue weighted by Gasteiger charge is 2.54. The fraction of sp³-hybridized carbons (Fsp3) is 0.565. The van der Waals surface area contributed by atoms with E-state index in [9.17, 15) is 19.2 Å². The molecule has 0 atom stereocenters. The van der Waals surface area contributed by atoms with E-state index in [-0.39, 0.29) is 16.9 Å². The first kappa shape index (κ1) is 21.3. The lowest BCUT2D eigenvalue weighted by Gasteiger charge is -2.55. The summed E-state index contributed by atoms with van der Waals surface area (Å²) in [6, 6.07) is 5.81. The van der Waals surface area contributed by atoms with E-state index in [0.717, 1.165) is 19.3 Å². The van der Waals surface area contributed by atoms with Gasteiger partial charge in [0.05, 0.1) is 11.0 Å². The van der Waals surface area contributed by atoms with Gasteiger partial charge < -0.3 is 15.4 Å². The number of hydrogen-bond acceptors (Lipinski definition) is 5. The number of nitrogens with one attached hydrogen (secondary N) is 3. The molecule has 0 aliphatic heterocycles. The molecule has 3 N–H and O–H groups in total. The van der Waals surface area contributed by atoms with Crippen LogP contribution in [0.2, 0.25) is 0 Å². The van der Waals surface area contributed by atoms with Crippen LogP contribution in [0.15, 0.2) is 24.3 Å². The molecule has 166 valence electrons. The molecule has 4 bridgehead atoms. The molecule has 8 heteroatoms. The van der Waals surface area contributed by atoms with Gasteiger partial charge in [-0.1, -0.05) is 0 Å². The highest BCUT2D eigenvalue weighted by Crippen LogP contribution is 2.60. The van der Waals surface area contributed by atoms with Crippen molar-refractivity contribution < 1.29 is 23.9 Å². The van der Waals surface area contributed by atoms with Gasteiger partial charge in [0, 0.05) is 12.2 Å². The Morgan fingerprint density at radius 2 is 1.55 bits per heavy atom. The predicted octanol–water partition coefficient (Wildman–Crippen LogP) is 2.84. The van der Waals surface area contributed by atoms with Crippen molar-refractivity contribution in [3.05, 3.63) is 29.8 Å². The Balaban J connectivity index is 1.29. The number of anilines is 1. The largest absolute Gasteiger partial charge is 0.452 e. The van der Waals surface area contributed by atoms with Crippen LogP contribution >= 0.6 is 0 Å². The Morgan fingerprint density at radius 3 is 2.10 bits per heavy atom. The van der Waals surface area contributed by atoms with Gasteiger partial charge in [0.1, 0.15) is 0 Å². The van der Waals surface area contributed by atoms with Crippen LogP contribution in [0, 0.1) is 23.2 Å². The second kappa shape index (κ2) is 8.69. The smallest absolute Gasteiger partial charge is 0.338 e. The lowest BCUT2D eigenvalue weighted by Crippen LogP contribution is -2.51. The van der Waals surface area contributed by atoms with E-state index in [0.29, 0.717) is 30.0 Å². The second-order valence-electron chi connectivity index (χ2n) is 9.21. The maximum atomic E-state index is 13.1. The van der Waals surface area contributed by atoms with Crippen molar-refractivity contribution in [1.82, 2.24) is 10.6 Å². The number of imide groups is 1. The monoisotopic (exact) mass is 427 g/mol. The summed E-state index contributed by atoms with van der Waals surface area (Å²) in [6.07, 6.45) is 6.83. The first-order chi connectivity index (χ1) is 14.9. The molecule has 0 saturated heterocycles. The van der Waals surface area contributed by atoms with E-state index in [1.807, 2.05) is 0 Å². The van der Waals surface area contributed by atoms with Crippen LogP contribution in [-0.2, 0) is 14.3 Å². The van der Waals surface area contributed by atoms with Gasteiger partial charge in [-0.05, 0) is 87.5 Å². The minimum absolute atomic E-state index is 0.101. The summed E-state index contributed by atoms with van der Waals surface area (Å²) >= 11 is 0. The molecule has 4 saturated carbocycles. The Labute approximate surface area is 181 Å².